The lowest BCUT2D eigenvalue weighted by Gasteiger charge is -2.37. The predicted molar refractivity (Wildman–Crippen MR) is 90.9 cm³/mol. The Bertz CT molecular complexity index is 715. The zero-order valence-electron chi connectivity index (χ0n) is 14.5. The summed E-state index contributed by atoms with van der Waals surface area (Å²) in [4.78, 5) is 13.5. The molecule has 4 heterocycles. The Balaban J connectivity index is 1.52. The van der Waals surface area contributed by atoms with Crippen LogP contribution >= 0.6 is 0 Å². The summed E-state index contributed by atoms with van der Waals surface area (Å²) in [6.07, 6.45) is 5.56. The molecule has 0 saturated carbocycles. The Labute approximate surface area is 142 Å². The first-order valence-corrected chi connectivity index (χ1v) is 8.49. The molecule has 2 fully saturated rings. The van der Waals surface area contributed by atoms with E-state index in [1.165, 1.54) is 11.3 Å². The van der Waals surface area contributed by atoms with E-state index in [4.69, 9.17) is 4.74 Å². The molecule has 128 valence electrons. The fourth-order valence-corrected chi connectivity index (χ4v) is 3.89. The van der Waals surface area contributed by atoms with Crippen molar-refractivity contribution in [3.8, 4) is 0 Å². The van der Waals surface area contributed by atoms with E-state index in [1.807, 2.05) is 17.9 Å². The van der Waals surface area contributed by atoms with Crippen LogP contribution in [-0.2, 0) is 18.3 Å². The summed E-state index contributed by atoms with van der Waals surface area (Å²) in [5, 5.41) is 4.54. The van der Waals surface area contributed by atoms with Crippen molar-refractivity contribution in [1.82, 2.24) is 24.6 Å². The van der Waals surface area contributed by atoms with Crippen molar-refractivity contribution in [2.45, 2.75) is 32.5 Å². The number of aryl methyl sites for hydroxylation is 2. The van der Waals surface area contributed by atoms with Gasteiger partial charge >= 0.3 is 0 Å². The first-order valence-electron chi connectivity index (χ1n) is 8.49. The van der Waals surface area contributed by atoms with Crippen LogP contribution in [0.15, 0.2) is 18.6 Å². The molecule has 0 unspecified atom stereocenters. The number of aromatic nitrogens is 4. The van der Waals surface area contributed by atoms with Crippen molar-refractivity contribution in [2.24, 2.45) is 7.05 Å². The summed E-state index contributed by atoms with van der Waals surface area (Å²) in [5.41, 5.74) is 3.70. The van der Waals surface area contributed by atoms with Crippen LogP contribution < -0.4 is 4.90 Å². The number of anilines is 1. The second kappa shape index (κ2) is 6.14. The topological polar surface area (TPSA) is 59.3 Å². The monoisotopic (exact) mass is 328 g/mol. The fourth-order valence-electron chi connectivity index (χ4n) is 3.89. The van der Waals surface area contributed by atoms with Gasteiger partial charge in [0.25, 0.3) is 0 Å². The average molecular weight is 328 g/mol. The molecule has 0 bridgehead atoms. The first kappa shape index (κ1) is 15.5. The Morgan fingerprint density at radius 3 is 2.83 bits per heavy atom. The quantitative estimate of drug-likeness (QED) is 0.835. The smallest absolute Gasteiger partial charge is 0.147 e. The van der Waals surface area contributed by atoms with E-state index >= 15 is 0 Å². The maximum Gasteiger partial charge on any atom is 0.147 e. The summed E-state index contributed by atoms with van der Waals surface area (Å²) in [7, 11) is 2.01. The number of morpholine rings is 1. The van der Waals surface area contributed by atoms with E-state index in [1.54, 1.807) is 12.4 Å². The summed E-state index contributed by atoms with van der Waals surface area (Å²) in [6.45, 7) is 8.71. The van der Waals surface area contributed by atoms with Gasteiger partial charge in [-0.15, -0.1) is 0 Å². The van der Waals surface area contributed by atoms with Gasteiger partial charge in [0.15, 0.2) is 0 Å². The maximum absolute atomic E-state index is 6.03. The maximum atomic E-state index is 6.03. The van der Waals surface area contributed by atoms with E-state index in [-0.39, 0.29) is 6.10 Å². The SMILES string of the molecule is Cc1nn(C)c(C)c1CN1C[C@@H]2OCCN(c3cnccn3)[C@H]2C1. The molecule has 7 nitrogen and oxygen atoms in total. The molecule has 0 amide bonds. The predicted octanol–water partition coefficient (Wildman–Crippen LogP) is 0.917. The van der Waals surface area contributed by atoms with Gasteiger partial charge in [0.2, 0.25) is 0 Å². The van der Waals surface area contributed by atoms with Gasteiger partial charge in [0.1, 0.15) is 5.82 Å². The lowest BCUT2D eigenvalue weighted by molar-refractivity contribution is 0.0303. The molecule has 2 aromatic heterocycles. The van der Waals surface area contributed by atoms with Crippen LogP contribution in [0.1, 0.15) is 17.0 Å². The van der Waals surface area contributed by atoms with Crippen LogP contribution in [0.3, 0.4) is 0 Å². The summed E-state index contributed by atoms with van der Waals surface area (Å²) < 4.78 is 8.00. The Morgan fingerprint density at radius 2 is 2.12 bits per heavy atom. The molecular formula is C17H24N6O. The third kappa shape index (κ3) is 2.67. The molecule has 0 aromatic carbocycles. The summed E-state index contributed by atoms with van der Waals surface area (Å²) in [5.74, 6) is 0.950. The Morgan fingerprint density at radius 1 is 1.25 bits per heavy atom. The minimum Gasteiger partial charge on any atom is -0.373 e. The van der Waals surface area contributed by atoms with Crippen LogP contribution in [0.2, 0.25) is 0 Å². The molecule has 0 radical (unpaired) electrons. The molecule has 2 aromatic rings. The van der Waals surface area contributed by atoms with Gasteiger partial charge in [-0.2, -0.15) is 5.10 Å². The van der Waals surface area contributed by atoms with E-state index < -0.39 is 0 Å². The Kier molecular flexibility index (Phi) is 3.97. The lowest BCUT2D eigenvalue weighted by Crippen LogP contribution is -2.51. The van der Waals surface area contributed by atoms with Gasteiger partial charge in [-0.25, -0.2) is 4.98 Å². The third-order valence-corrected chi connectivity index (χ3v) is 5.26. The van der Waals surface area contributed by atoms with E-state index in [0.29, 0.717) is 6.04 Å². The van der Waals surface area contributed by atoms with Crippen LogP contribution in [-0.4, -0.2) is 63.0 Å². The number of rotatable bonds is 3. The van der Waals surface area contributed by atoms with Crippen LogP contribution in [0.25, 0.3) is 0 Å². The molecule has 0 N–H and O–H groups in total. The number of ether oxygens (including phenoxy) is 1. The average Bonchev–Trinajstić information content (AvgIpc) is 3.11. The largest absolute Gasteiger partial charge is 0.373 e. The number of likely N-dealkylation sites (tertiary alicyclic amines) is 1. The van der Waals surface area contributed by atoms with Gasteiger partial charge in [0, 0.05) is 56.9 Å². The van der Waals surface area contributed by atoms with Gasteiger partial charge in [-0.1, -0.05) is 0 Å². The number of hydrogen-bond donors (Lipinski definition) is 0. The van der Waals surface area contributed by atoms with Crippen molar-refractivity contribution >= 4 is 5.82 Å². The van der Waals surface area contributed by atoms with Crippen molar-refractivity contribution in [2.75, 3.05) is 31.1 Å². The highest BCUT2D eigenvalue weighted by Crippen LogP contribution is 2.28. The minimum atomic E-state index is 0.234. The first-order chi connectivity index (χ1) is 11.6. The van der Waals surface area contributed by atoms with E-state index in [2.05, 4.69) is 38.7 Å². The van der Waals surface area contributed by atoms with Crippen LogP contribution in [0.5, 0.6) is 0 Å². The molecule has 2 saturated heterocycles. The van der Waals surface area contributed by atoms with Crippen molar-refractivity contribution < 1.29 is 4.74 Å². The molecule has 7 heteroatoms. The molecule has 2 aliphatic rings. The van der Waals surface area contributed by atoms with Crippen LogP contribution in [0.4, 0.5) is 5.82 Å². The second-order valence-corrected chi connectivity index (χ2v) is 6.70. The molecule has 0 spiro atoms. The van der Waals surface area contributed by atoms with Gasteiger partial charge < -0.3 is 9.64 Å². The van der Waals surface area contributed by atoms with Gasteiger partial charge in [0.05, 0.1) is 30.6 Å². The third-order valence-electron chi connectivity index (χ3n) is 5.26. The summed E-state index contributed by atoms with van der Waals surface area (Å²) >= 11 is 0. The van der Waals surface area contributed by atoms with Gasteiger partial charge in [-0.05, 0) is 13.8 Å². The number of fused-ring (bicyclic) bond motifs is 1. The van der Waals surface area contributed by atoms with Crippen LogP contribution in [0, 0.1) is 13.8 Å². The zero-order chi connectivity index (χ0) is 16.7. The molecule has 0 aliphatic carbocycles. The normalized spacial score (nSPS) is 24.4. The standard InChI is InChI=1S/C17H24N6O/c1-12-14(13(2)21(3)20-12)9-22-10-15-16(11-22)24-7-6-23(15)17-8-18-4-5-19-17/h4-5,8,15-16H,6-7,9-11H2,1-3H3/t15-,16-/m0/s1. The molecule has 2 aliphatic heterocycles. The highest BCUT2D eigenvalue weighted by Gasteiger charge is 2.41. The second-order valence-electron chi connectivity index (χ2n) is 6.70. The summed E-state index contributed by atoms with van der Waals surface area (Å²) in [6, 6.07) is 0.340. The number of hydrogen-bond acceptors (Lipinski definition) is 6. The highest BCUT2D eigenvalue weighted by atomic mass is 16.5. The number of nitrogens with zero attached hydrogens (tertiary/aromatic N) is 6. The highest BCUT2D eigenvalue weighted by molar-refractivity contribution is 5.39. The van der Waals surface area contributed by atoms with Crippen molar-refractivity contribution in [3.63, 3.8) is 0 Å². The van der Waals surface area contributed by atoms with E-state index in [0.717, 1.165) is 44.3 Å². The van der Waals surface area contributed by atoms with Crippen molar-refractivity contribution in [1.29, 1.82) is 0 Å². The minimum absolute atomic E-state index is 0.234. The molecular weight excluding hydrogens is 304 g/mol. The molecule has 2 atom stereocenters. The fraction of sp³-hybridized carbons (Fsp3) is 0.588. The Hall–Kier alpha value is -1.99. The molecule has 4 rings (SSSR count). The molecule has 24 heavy (non-hydrogen) atoms. The van der Waals surface area contributed by atoms with Gasteiger partial charge in [-0.3, -0.25) is 14.6 Å². The van der Waals surface area contributed by atoms with E-state index in [9.17, 15) is 0 Å². The zero-order valence-corrected chi connectivity index (χ0v) is 14.5. The van der Waals surface area contributed by atoms with Crippen molar-refractivity contribution in [3.05, 3.63) is 35.5 Å². The lowest BCUT2D eigenvalue weighted by atomic mass is 10.1.